The third-order valence-corrected chi connectivity index (χ3v) is 3.82. The summed E-state index contributed by atoms with van der Waals surface area (Å²) in [4.78, 5) is 4.73. The maximum Gasteiger partial charge on any atom is 0.231 e. The Hall–Kier alpha value is -2.75. The predicted octanol–water partition coefficient (Wildman–Crippen LogP) is 3.95. The van der Waals surface area contributed by atoms with Gasteiger partial charge in [-0.05, 0) is 48.7 Å². The summed E-state index contributed by atoms with van der Waals surface area (Å²) in [5.74, 6) is 2.37. The lowest BCUT2D eigenvalue weighted by Gasteiger charge is -2.11. The van der Waals surface area contributed by atoms with Gasteiger partial charge >= 0.3 is 0 Å². The SMILES string of the molecule is COc1ccc(-c2nc(C)cc3ccc4c(c23)OCO4)cc1. The molecular formula is C18H15NO3. The van der Waals surface area contributed by atoms with Crippen molar-refractivity contribution in [3.8, 4) is 28.5 Å². The minimum absolute atomic E-state index is 0.254. The van der Waals surface area contributed by atoms with Crippen molar-refractivity contribution < 1.29 is 14.2 Å². The van der Waals surface area contributed by atoms with Crippen LogP contribution in [0.2, 0.25) is 0 Å². The van der Waals surface area contributed by atoms with E-state index in [0.29, 0.717) is 0 Å². The first-order valence-electron chi connectivity index (χ1n) is 7.10. The van der Waals surface area contributed by atoms with E-state index in [9.17, 15) is 0 Å². The van der Waals surface area contributed by atoms with Crippen molar-refractivity contribution in [2.24, 2.45) is 0 Å². The van der Waals surface area contributed by atoms with Crippen LogP contribution in [-0.2, 0) is 0 Å². The first-order chi connectivity index (χ1) is 10.8. The Labute approximate surface area is 128 Å². The topological polar surface area (TPSA) is 40.6 Å². The monoisotopic (exact) mass is 293 g/mol. The van der Waals surface area contributed by atoms with Crippen LogP contribution in [0.15, 0.2) is 42.5 Å². The maximum atomic E-state index is 5.67. The van der Waals surface area contributed by atoms with Gasteiger partial charge in [0.2, 0.25) is 6.79 Å². The fourth-order valence-electron chi connectivity index (χ4n) is 2.80. The van der Waals surface area contributed by atoms with Crippen LogP contribution in [0.3, 0.4) is 0 Å². The largest absolute Gasteiger partial charge is 0.497 e. The van der Waals surface area contributed by atoms with Gasteiger partial charge in [-0.3, -0.25) is 4.98 Å². The minimum atomic E-state index is 0.254. The lowest BCUT2D eigenvalue weighted by atomic mass is 10.0. The third kappa shape index (κ3) is 1.96. The van der Waals surface area contributed by atoms with Crippen LogP contribution >= 0.6 is 0 Å². The van der Waals surface area contributed by atoms with Crippen LogP contribution in [0.25, 0.3) is 22.0 Å². The van der Waals surface area contributed by atoms with Crippen LogP contribution < -0.4 is 14.2 Å². The van der Waals surface area contributed by atoms with Gasteiger partial charge in [-0.25, -0.2) is 0 Å². The number of ether oxygens (including phenoxy) is 3. The second kappa shape index (κ2) is 4.91. The molecule has 0 atom stereocenters. The second-order valence-corrected chi connectivity index (χ2v) is 5.24. The number of aromatic nitrogens is 1. The van der Waals surface area contributed by atoms with Crippen molar-refractivity contribution >= 4 is 10.8 Å². The lowest BCUT2D eigenvalue weighted by molar-refractivity contribution is 0.175. The average Bonchev–Trinajstić information content (AvgIpc) is 3.02. The van der Waals surface area contributed by atoms with Gasteiger partial charge in [0, 0.05) is 11.3 Å². The molecule has 0 amide bonds. The number of methoxy groups -OCH3 is 1. The summed E-state index contributed by atoms with van der Waals surface area (Å²) in [5.41, 5.74) is 2.90. The summed E-state index contributed by atoms with van der Waals surface area (Å²) < 4.78 is 16.4. The molecule has 1 aliphatic rings. The van der Waals surface area contributed by atoms with Crippen molar-refractivity contribution in [3.05, 3.63) is 48.2 Å². The van der Waals surface area contributed by atoms with Gasteiger partial charge in [0.15, 0.2) is 11.5 Å². The molecule has 4 heteroatoms. The molecule has 4 rings (SSSR count). The summed E-state index contributed by atoms with van der Waals surface area (Å²) in [5, 5.41) is 2.09. The van der Waals surface area contributed by atoms with Crippen molar-refractivity contribution in [2.75, 3.05) is 13.9 Å². The molecule has 3 aromatic rings. The number of fused-ring (bicyclic) bond motifs is 3. The molecule has 0 saturated heterocycles. The van der Waals surface area contributed by atoms with Gasteiger partial charge in [-0.2, -0.15) is 0 Å². The van der Waals surface area contributed by atoms with Gasteiger partial charge in [0.05, 0.1) is 18.2 Å². The van der Waals surface area contributed by atoms with E-state index in [2.05, 4.69) is 6.07 Å². The number of nitrogens with zero attached hydrogens (tertiary/aromatic N) is 1. The molecule has 1 aromatic heterocycles. The molecule has 0 saturated carbocycles. The first kappa shape index (κ1) is 13.0. The predicted molar refractivity (Wildman–Crippen MR) is 84.6 cm³/mol. The average molecular weight is 293 g/mol. The molecule has 0 N–H and O–H groups in total. The molecule has 0 spiro atoms. The molecule has 4 nitrogen and oxygen atoms in total. The van der Waals surface area contributed by atoms with E-state index >= 15 is 0 Å². The van der Waals surface area contributed by atoms with E-state index in [1.54, 1.807) is 7.11 Å². The molecule has 0 bridgehead atoms. The van der Waals surface area contributed by atoms with E-state index in [-0.39, 0.29) is 6.79 Å². The highest BCUT2D eigenvalue weighted by molar-refractivity contribution is 6.01. The number of pyridine rings is 1. The van der Waals surface area contributed by atoms with E-state index in [4.69, 9.17) is 19.2 Å². The highest BCUT2D eigenvalue weighted by Gasteiger charge is 2.20. The van der Waals surface area contributed by atoms with Gasteiger partial charge in [0.1, 0.15) is 5.75 Å². The third-order valence-electron chi connectivity index (χ3n) is 3.82. The van der Waals surface area contributed by atoms with Gasteiger partial charge in [0.25, 0.3) is 0 Å². The summed E-state index contributed by atoms with van der Waals surface area (Å²) in [6, 6.07) is 13.9. The van der Waals surface area contributed by atoms with E-state index < -0.39 is 0 Å². The zero-order chi connectivity index (χ0) is 15.1. The van der Waals surface area contributed by atoms with E-state index in [0.717, 1.165) is 45.0 Å². The van der Waals surface area contributed by atoms with E-state index in [1.165, 1.54) is 0 Å². The van der Waals surface area contributed by atoms with Crippen molar-refractivity contribution in [3.63, 3.8) is 0 Å². The summed E-state index contributed by atoms with van der Waals surface area (Å²) in [7, 11) is 1.66. The number of hydrogen-bond acceptors (Lipinski definition) is 4. The molecule has 0 aliphatic carbocycles. The molecule has 110 valence electrons. The Morgan fingerprint density at radius 1 is 1.05 bits per heavy atom. The summed E-state index contributed by atoms with van der Waals surface area (Å²) in [6.45, 7) is 2.25. The molecule has 22 heavy (non-hydrogen) atoms. The second-order valence-electron chi connectivity index (χ2n) is 5.24. The zero-order valence-electron chi connectivity index (χ0n) is 12.4. The highest BCUT2D eigenvalue weighted by atomic mass is 16.7. The smallest absolute Gasteiger partial charge is 0.231 e. The molecule has 1 aliphatic heterocycles. The number of hydrogen-bond donors (Lipinski definition) is 0. The Morgan fingerprint density at radius 2 is 1.86 bits per heavy atom. The van der Waals surface area contributed by atoms with Gasteiger partial charge in [-0.1, -0.05) is 6.07 Å². The van der Waals surface area contributed by atoms with Gasteiger partial charge < -0.3 is 14.2 Å². The highest BCUT2D eigenvalue weighted by Crippen LogP contribution is 2.43. The molecular weight excluding hydrogens is 278 g/mol. The fraction of sp³-hybridized carbons (Fsp3) is 0.167. The van der Waals surface area contributed by atoms with Crippen LogP contribution in [-0.4, -0.2) is 18.9 Å². The number of benzene rings is 2. The Bertz CT molecular complexity index is 856. The van der Waals surface area contributed by atoms with Crippen molar-refractivity contribution in [2.45, 2.75) is 6.92 Å². The quantitative estimate of drug-likeness (QED) is 0.717. The van der Waals surface area contributed by atoms with Crippen LogP contribution in [0.1, 0.15) is 5.69 Å². The minimum Gasteiger partial charge on any atom is -0.497 e. The Balaban J connectivity index is 2.01. The van der Waals surface area contributed by atoms with Crippen LogP contribution in [0.4, 0.5) is 0 Å². The summed E-state index contributed by atoms with van der Waals surface area (Å²) in [6.07, 6.45) is 0. The first-order valence-corrected chi connectivity index (χ1v) is 7.10. The maximum absolute atomic E-state index is 5.67. The van der Waals surface area contributed by atoms with Crippen LogP contribution in [0.5, 0.6) is 17.2 Å². The number of aryl methyl sites for hydroxylation is 1. The molecule has 2 aromatic carbocycles. The molecule has 0 radical (unpaired) electrons. The Morgan fingerprint density at radius 3 is 2.64 bits per heavy atom. The Kier molecular flexibility index (Phi) is 2.89. The van der Waals surface area contributed by atoms with Crippen molar-refractivity contribution in [1.29, 1.82) is 0 Å². The standard InChI is InChI=1S/C18H15NO3/c1-11-9-13-5-8-15-18(22-10-21-15)16(13)17(19-11)12-3-6-14(20-2)7-4-12/h3-9H,10H2,1-2H3. The normalized spacial score (nSPS) is 12.6. The molecule has 2 heterocycles. The molecule has 0 unspecified atom stereocenters. The lowest BCUT2D eigenvalue weighted by Crippen LogP contribution is -1.94. The van der Waals surface area contributed by atoms with Crippen LogP contribution in [0, 0.1) is 6.92 Å². The van der Waals surface area contributed by atoms with Gasteiger partial charge in [-0.15, -0.1) is 0 Å². The number of rotatable bonds is 2. The van der Waals surface area contributed by atoms with Crippen molar-refractivity contribution in [1.82, 2.24) is 4.98 Å². The fourth-order valence-corrected chi connectivity index (χ4v) is 2.80. The summed E-state index contributed by atoms with van der Waals surface area (Å²) >= 11 is 0. The van der Waals surface area contributed by atoms with E-state index in [1.807, 2.05) is 43.3 Å². The zero-order valence-corrected chi connectivity index (χ0v) is 12.4. The molecule has 0 fully saturated rings.